The quantitative estimate of drug-likeness (QED) is 0.605. The van der Waals surface area contributed by atoms with Gasteiger partial charge in [0.25, 0.3) is 6.23 Å². The van der Waals surface area contributed by atoms with E-state index in [1.165, 1.54) is 6.92 Å². The second-order valence-electron chi connectivity index (χ2n) is 4.92. The van der Waals surface area contributed by atoms with Crippen LogP contribution in [0, 0.1) is 0 Å². The molecular weight excluding hydrogens is 306 g/mol. The van der Waals surface area contributed by atoms with Crippen LogP contribution < -0.4 is 0 Å². The van der Waals surface area contributed by atoms with Gasteiger partial charge in [-0.2, -0.15) is 0 Å². The van der Waals surface area contributed by atoms with Crippen LogP contribution in [0.15, 0.2) is 65.7 Å². The van der Waals surface area contributed by atoms with Crippen molar-refractivity contribution in [3.63, 3.8) is 0 Å². The van der Waals surface area contributed by atoms with Gasteiger partial charge in [0.2, 0.25) is 0 Å². The summed E-state index contributed by atoms with van der Waals surface area (Å²) in [6.45, 7) is 3.09. The minimum absolute atomic E-state index is 0.179. The Morgan fingerprint density at radius 2 is 1.46 bits per heavy atom. The minimum atomic E-state index is -1.34. The van der Waals surface area contributed by atoms with Crippen molar-refractivity contribution in [1.82, 2.24) is 0 Å². The standard InChI is InChI=1S/C19H19NO4/c1-3-23-19(22)18(24-14(2)21)20-17(15-10-6-4-7-11-15)16-12-8-5-9-13-16/h4-13,18H,3H2,1-2H3/t18-/m0/s1. The zero-order chi connectivity index (χ0) is 17.4. The molecule has 2 aromatic rings. The Labute approximate surface area is 140 Å². The highest BCUT2D eigenvalue weighted by molar-refractivity contribution is 6.13. The molecule has 0 amide bonds. The van der Waals surface area contributed by atoms with Gasteiger partial charge in [-0.3, -0.25) is 4.79 Å². The van der Waals surface area contributed by atoms with Gasteiger partial charge in [-0.05, 0) is 6.92 Å². The number of nitrogens with zero attached hydrogens (tertiary/aromatic N) is 1. The van der Waals surface area contributed by atoms with E-state index >= 15 is 0 Å². The molecule has 2 aromatic carbocycles. The van der Waals surface area contributed by atoms with E-state index in [2.05, 4.69) is 4.99 Å². The van der Waals surface area contributed by atoms with E-state index in [-0.39, 0.29) is 6.61 Å². The van der Waals surface area contributed by atoms with Crippen molar-refractivity contribution < 1.29 is 19.1 Å². The third-order valence-corrected chi connectivity index (χ3v) is 3.11. The maximum atomic E-state index is 12.1. The zero-order valence-electron chi connectivity index (χ0n) is 13.6. The first-order chi connectivity index (χ1) is 11.6. The van der Waals surface area contributed by atoms with Crippen molar-refractivity contribution in [3.8, 4) is 0 Å². The van der Waals surface area contributed by atoms with Crippen LogP contribution in [0.1, 0.15) is 25.0 Å². The van der Waals surface area contributed by atoms with Crippen molar-refractivity contribution >= 4 is 17.7 Å². The summed E-state index contributed by atoms with van der Waals surface area (Å²) in [6.07, 6.45) is -1.34. The van der Waals surface area contributed by atoms with Crippen LogP contribution >= 0.6 is 0 Å². The van der Waals surface area contributed by atoms with Gasteiger partial charge in [0, 0.05) is 18.1 Å². The van der Waals surface area contributed by atoms with Crippen LogP contribution in [-0.2, 0) is 19.1 Å². The molecule has 0 saturated carbocycles. The molecule has 0 unspecified atom stereocenters. The van der Waals surface area contributed by atoms with Crippen molar-refractivity contribution in [2.24, 2.45) is 4.99 Å². The van der Waals surface area contributed by atoms with Crippen LogP contribution in [0.5, 0.6) is 0 Å². The van der Waals surface area contributed by atoms with Crippen LogP contribution in [-0.4, -0.2) is 30.5 Å². The number of benzene rings is 2. The molecule has 0 saturated heterocycles. The average Bonchev–Trinajstić information content (AvgIpc) is 2.60. The highest BCUT2D eigenvalue weighted by Gasteiger charge is 2.23. The summed E-state index contributed by atoms with van der Waals surface area (Å²) in [4.78, 5) is 27.8. The van der Waals surface area contributed by atoms with Crippen LogP contribution in [0.25, 0.3) is 0 Å². The van der Waals surface area contributed by atoms with Crippen molar-refractivity contribution in [2.75, 3.05) is 6.61 Å². The Morgan fingerprint density at radius 1 is 0.958 bits per heavy atom. The number of esters is 2. The minimum Gasteiger partial charge on any atom is -0.462 e. The van der Waals surface area contributed by atoms with E-state index in [0.29, 0.717) is 5.71 Å². The number of carbonyl (C=O) groups is 2. The van der Waals surface area contributed by atoms with E-state index < -0.39 is 18.2 Å². The highest BCUT2D eigenvalue weighted by Crippen LogP contribution is 2.13. The maximum Gasteiger partial charge on any atom is 0.371 e. The number of hydrogen-bond donors (Lipinski definition) is 0. The lowest BCUT2D eigenvalue weighted by molar-refractivity contribution is -0.165. The first-order valence-electron chi connectivity index (χ1n) is 7.64. The van der Waals surface area contributed by atoms with Crippen molar-refractivity contribution in [1.29, 1.82) is 0 Å². The molecule has 124 valence electrons. The Balaban J connectivity index is 2.48. The molecule has 5 nitrogen and oxygen atoms in total. The second-order valence-corrected chi connectivity index (χ2v) is 4.92. The molecule has 0 heterocycles. The Bertz CT molecular complexity index is 669. The number of aliphatic imine (C=N–C) groups is 1. The average molecular weight is 325 g/mol. The fourth-order valence-electron chi connectivity index (χ4n) is 2.12. The molecule has 0 aliphatic carbocycles. The summed E-state index contributed by atoms with van der Waals surface area (Å²) in [6, 6.07) is 18.8. The molecule has 0 fully saturated rings. The summed E-state index contributed by atoms with van der Waals surface area (Å²) in [7, 11) is 0. The summed E-state index contributed by atoms with van der Waals surface area (Å²) < 4.78 is 9.99. The van der Waals surface area contributed by atoms with Gasteiger partial charge in [-0.15, -0.1) is 0 Å². The predicted molar refractivity (Wildman–Crippen MR) is 90.7 cm³/mol. The summed E-state index contributed by atoms with van der Waals surface area (Å²) in [5.41, 5.74) is 2.17. The smallest absolute Gasteiger partial charge is 0.371 e. The molecule has 0 aliphatic rings. The summed E-state index contributed by atoms with van der Waals surface area (Å²) in [5.74, 6) is -1.30. The molecule has 0 aliphatic heterocycles. The molecule has 0 aromatic heterocycles. The molecular formula is C19H19NO4. The molecule has 24 heavy (non-hydrogen) atoms. The zero-order valence-corrected chi connectivity index (χ0v) is 13.6. The van der Waals surface area contributed by atoms with Gasteiger partial charge in [0.15, 0.2) is 0 Å². The molecule has 1 atom stereocenters. The number of carbonyl (C=O) groups excluding carboxylic acids is 2. The lowest BCUT2D eigenvalue weighted by Crippen LogP contribution is -2.28. The van der Waals surface area contributed by atoms with Crippen molar-refractivity contribution in [3.05, 3.63) is 71.8 Å². The van der Waals surface area contributed by atoms with Gasteiger partial charge >= 0.3 is 11.9 Å². The number of hydrogen-bond acceptors (Lipinski definition) is 5. The fourth-order valence-corrected chi connectivity index (χ4v) is 2.12. The summed E-state index contributed by atoms with van der Waals surface area (Å²) >= 11 is 0. The molecule has 5 heteroatoms. The Morgan fingerprint density at radius 3 is 1.88 bits per heavy atom. The van der Waals surface area contributed by atoms with Gasteiger partial charge in [-0.25, -0.2) is 9.79 Å². The molecule has 0 radical (unpaired) electrons. The van der Waals surface area contributed by atoms with Crippen molar-refractivity contribution in [2.45, 2.75) is 20.1 Å². The molecule has 2 rings (SSSR count). The Hall–Kier alpha value is -2.95. The normalized spacial score (nSPS) is 11.2. The van der Waals surface area contributed by atoms with Crippen LogP contribution in [0.4, 0.5) is 0 Å². The first-order valence-corrected chi connectivity index (χ1v) is 7.64. The lowest BCUT2D eigenvalue weighted by Gasteiger charge is -2.14. The first kappa shape index (κ1) is 17.4. The maximum absolute atomic E-state index is 12.1. The second kappa shape index (κ2) is 8.62. The van der Waals surface area contributed by atoms with E-state index in [0.717, 1.165) is 11.1 Å². The van der Waals surface area contributed by atoms with E-state index in [4.69, 9.17) is 9.47 Å². The topological polar surface area (TPSA) is 65.0 Å². The largest absolute Gasteiger partial charge is 0.462 e. The third kappa shape index (κ3) is 4.78. The number of ether oxygens (including phenoxy) is 2. The number of rotatable bonds is 6. The SMILES string of the molecule is CCOC(=O)[C@@H](N=C(c1ccccc1)c1ccccc1)OC(C)=O. The van der Waals surface area contributed by atoms with Gasteiger partial charge < -0.3 is 9.47 Å². The van der Waals surface area contributed by atoms with E-state index in [9.17, 15) is 9.59 Å². The third-order valence-electron chi connectivity index (χ3n) is 3.11. The summed E-state index contributed by atoms with van der Waals surface area (Å²) in [5, 5.41) is 0. The highest BCUT2D eigenvalue weighted by atomic mass is 16.6. The van der Waals surface area contributed by atoms with Gasteiger partial charge in [0.1, 0.15) is 0 Å². The monoisotopic (exact) mass is 325 g/mol. The molecule has 0 spiro atoms. The van der Waals surface area contributed by atoms with Crippen LogP contribution in [0.2, 0.25) is 0 Å². The lowest BCUT2D eigenvalue weighted by atomic mass is 10.0. The predicted octanol–water partition coefficient (Wildman–Crippen LogP) is 2.98. The Kier molecular flexibility index (Phi) is 6.25. The van der Waals surface area contributed by atoms with Crippen LogP contribution in [0.3, 0.4) is 0 Å². The van der Waals surface area contributed by atoms with Gasteiger partial charge in [-0.1, -0.05) is 60.7 Å². The van der Waals surface area contributed by atoms with E-state index in [1.807, 2.05) is 60.7 Å². The van der Waals surface area contributed by atoms with E-state index in [1.54, 1.807) is 6.92 Å². The van der Waals surface area contributed by atoms with Gasteiger partial charge in [0.05, 0.1) is 12.3 Å². The molecule has 0 N–H and O–H groups in total. The fraction of sp³-hybridized carbons (Fsp3) is 0.211. The molecule has 0 bridgehead atoms.